The first-order valence-electron chi connectivity index (χ1n) is 9.30. The summed E-state index contributed by atoms with van der Waals surface area (Å²) in [6.07, 6.45) is 8.93. The van der Waals surface area contributed by atoms with E-state index in [1.165, 1.54) is 27.9 Å². The lowest BCUT2D eigenvalue weighted by Gasteiger charge is -2.18. The van der Waals surface area contributed by atoms with Gasteiger partial charge in [-0.2, -0.15) is 0 Å². The largest absolute Gasteiger partial charge is 0.372 e. The minimum absolute atomic E-state index is 0. The predicted octanol–water partition coefficient (Wildman–Crippen LogP) is 5.47. The molecule has 0 saturated heterocycles. The van der Waals surface area contributed by atoms with Crippen LogP contribution in [0.2, 0.25) is 0 Å². The first-order chi connectivity index (χ1) is 13.3. The van der Waals surface area contributed by atoms with E-state index in [1.54, 1.807) is 0 Å². The van der Waals surface area contributed by atoms with Crippen LogP contribution < -0.4 is 4.90 Å². The van der Waals surface area contributed by atoms with Crippen LogP contribution in [-0.2, 0) is 6.42 Å². The molecular weight excluding hydrogens is 401 g/mol. The highest BCUT2D eigenvalue weighted by molar-refractivity contribution is 6.14. The fourth-order valence-corrected chi connectivity index (χ4v) is 3.41. The third-order valence-electron chi connectivity index (χ3n) is 4.82. The van der Waals surface area contributed by atoms with Crippen molar-refractivity contribution in [1.82, 2.24) is 4.98 Å². The number of rotatable bonds is 4. The molecule has 1 aliphatic rings. The standard InChI is InChI=1S/C24H23N3.2ClH/c1-27-15-14-26-23(22-9-2-3-10-24(22)27)12-11-19-6-4-7-20(16-19)17-21-8-5-13-25-18-21;;/h2-13,16,18H,14-15,17H2,1H3;2*1H. The molecule has 1 aliphatic heterocycles. The first kappa shape index (κ1) is 22.7. The number of anilines is 1. The second-order valence-electron chi connectivity index (χ2n) is 6.82. The highest BCUT2D eigenvalue weighted by atomic mass is 35.5. The molecule has 2 heterocycles. The number of nitrogens with zero attached hydrogens (tertiary/aromatic N) is 3. The molecule has 0 aliphatic carbocycles. The molecule has 4 rings (SSSR count). The highest BCUT2D eigenvalue weighted by Gasteiger charge is 2.13. The zero-order valence-corrected chi connectivity index (χ0v) is 18.0. The average Bonchev–Trinajstić information content (AvgIpc) is 2.87. The molecule has 0 fully saturated rings. The smallest absolute Gasteiger partial charge is 0.0668 e. The molecular formula is C24H25Cl2N3. The molecule has 1 aromatic heterocycles. The SMILES string of the molecule is CN1CCN=C(C=Cc2cccc(Cc3cccnc3)c2)c2ccccc21.Cl.Cl. The first-order valence-corrected chi connectivity index (χ1v) is 9.30. The Kier molecular flexibility index (Phi) is 8.44. The lowest BCUT2D eigenvalue weighted by atomic mass is 10.0. The normalized spacial score (nSPS) is 13.0. The molecule has 0 unspecified atom stereocenters. The Bertz CT molecular complexity index is 984. The van der Waals surface area contributed by atoms with Crippen LogP contribution in [0.1, 0.15) is 22.3 Å². The van der Waals surface area contributed by atoms with E-state index >= 15 is 0 Å². The third-order valence-corrected chi connectivity index (χ3v) is 4.82. The summed E-state index contributed by atoms with van der Waals surface area (Å²) in [6.45, 7) is 1.75. The van der Waals surface area contributed by atoms with Gasteiger partial charge in [0.2, 0.25) is 0 Å². The molecule has 0 spiro atoms. The van der Waals surface area contributed by atoms with E-state index in [2.05, 4.69) is 83.7 Å². The Labute approximate surface area is 185 Å². The van der Waals surface area contributed by atoms with Crippen LogP contribution >= 0.6 is 24.8 Å². The summed E-state index contributed by atoms with van der Waals surface area (Å²) < 4.78 is 0. The van der Waals surface area contributed by atoms with Crippen molar-refractivity contribution < 1.29 is 0 Å². The summed E-state index contributed by atoms with van der Waals surface area (Å²) in [4.78, 5) is 11.3. The molecule has 3 nitrogen and oxygen atoms in total. The minimum atomic E-state index is 0. The Morgan fingerprint density at radius 1 is 0.931 bits per heavy atom. The van der Waals surface area contributed by atoms with E-state index in [1.807, 2.05) is 18.5 Å². The van der Waals surface area contributed by atoms with Gasteiger partial charge in [-0.15, -0.1) is 24.8 Å². The van der Waals surface area contributed by atoms with Gasteiger partial charge in [-0.3, -0.25) is 9.98 Å². The Balaban J connectivity index is 0.00000150. The summed E-state index contributed by atoms with van der Waals surface area (Å²) in [6, 6.07) is 21.2. The second kappa shape index (κ2) is 10.8. The van der Waals surface area contributed by atoms with Gasteiger partial charge in [0, 0.05) is 37.2 Å². The molecule has 0 bridgehead atoms. The molecule has 0 N–H and O–H groups in total. The van der Waals surface area contributed by atoms with Gasteiger partial charge in [0.05, 0.1) is 12.3 Å². The van der Waals surface area contributed by atoms with Crippen LogP contribution in [0, 0.1) is 0 Å². The van der Waals surface area contributed by atoms with Crippen molar-refractivity contribution in [2.24, 2.45) is 4.99 Å². The maximum Gasteiger partial charge on any atom is 0.0668 e. The number of hydrogen-bond donors (Lipinski definition) is 0. The third kappa shape index (κ3) is 5.69. The Morgan fingerprint density at radius 2 is 1.76 bits per heavy atom. The Morgan fingerprint density at radius 3 is 2.59 bits per heavy atom. The number of para-hydroxylation sites is 1. The van der Waals surface area contributed by atoms with E-state index in [4.69, 9.17) is 4.99 Å². The van der Waals surface area contributed by atoms with Crippen LogP contribution in [0.25, 0.3) is 6.08 Å². The zero-order chi connectivity index (χ0) is 18.5. The van der Waals surface area contributed by atoms with Crippen LogP contribution in [0.4, 0.5) is 5.69 Å². The number of aliphatic imine (C=N–C) groups is 1. The molecule has 0 radical (unpaired) electrons. The summed E-state index contributed by atoms with van der Waals surface area (Å²) >= 11 is 0. The maximum atomic E-state index is 4.80. The molecule has 5 heteroatoms. The number of aromatic nitrogens is 1. The monoisotopic (exact) mass is 425 g/mol. The molecule has 150 valence electrons. The molecule has 0 saturated carbocycles. The molecule has 2 aromatic carbocycles. The van der Waals surface area contributed by atoms with E-state index in [0.717, 1.165) is 25.2 Å². The van der Waals surface area contributed by atoms with Crippen molar-refractivity contribution in [1.29, 1.82) is 0 Å². The molecule has 29 heavy (non-hydrogen) atoms. The minimum Gasteiger partial charge on any atom is -0.372 e. The number of halogens is 2. The number of pyridine rings is 1. The fourth-order valence-electron chi connectivity index (χ4n) is 3.41. The van der Waals surface area contributed by atoms with Crippen molar-refractivity contribution in [3.8, 4) is 0 Å². The quantitative estimate of drug-likeness (QED) is 0.554. The molecule has 3 aromatic rings. The van der Waals surface area contributed by atoms with Crippen LogP contribution in [0.15, 0.2) is 84.1 Å². The van der Waals surface area contributed by atoms with Crippen LogP contribution in [0.3, 0.4) is 0 Å². The van der Waals surface area contributed by atoms with Crippen molar-refractivity contribution in [2.45, 2.75) is 6.42 Å². The van der Waals surface area contributed by atoms with Gasteiger partial charge < -0.3 is 4.90 Å². The summed E-state index contributed by atoms with van der Waals surface area (Å²) in [5.41, 5.74) is 7.18. The van der Waals surface area contributed by atoms with Gasteiger partial charge >= 0.3 is 0 Å². The van der Waals surface area contributed by atoms with Crippen molar-refractivity contribution >= 4 is 42.3 Å². The zero-order valence-electron chi connectivity index (χ0n) is 16.4. The topological polar surface area (TPSA) is 28.5 Å². The summed E-state index contributed by atoms with van der Waals surface area (Å²) in [5.74, 6) is 0. The number of hydrogen-bond acceptors (Lipinski definition) is 3. The Hall–Kier alpha value is -2.62. The van der Waals surface area contributed by atoms with Gasteiger partial charge in [0.1, 0.15) is 0 Å². The van der Waals surface area contributed by atoms with Gasteiger partial charge in [0.15, 0.2) is 0 Å². The number of benzodiazepines with no additional fused rings is 1. The highest BCUT2D eigenvalue weighted by Crippen LogP contribution is 2.23. The number of allylic oxidation sites excluding steroid dienone is 1. The van der Waals surface area contributed by atoms with Gasteiger partial charge in [0.25, 0.3) is 0 Å². The van der Waals surface area contributed by atoms with E-state index in [0.29, 0.717) is 0 Å². The van der Waals surface area contributed by atoms with Gasteiger partial charge in [-0.05, 0) is 41.3 Å². The predicted molar refractivity (Wildman–Crippen MR) is 128 cm³/mol. The van der Waals surface area contributed by atoms with E-state index in [-0.39, 0.29) is 24.8 Å². The molecule has 0 atom stereocenters. The summed E-state index contributed by atoms with van der Waals surface area (Å²) in [5, 5.41) is 0. The van der Waals surface area contributed by atoms with Crippen molar-refractivity contribution in [2.75, 3.05) is 25.0 Å². The summed E-state index contributed by atoms with van der Waals surface area (Å²) in [7, 11) is 2.13. The van der Waals surface area contributed by atoms with Crippen molar-refractivity contribution in [3.05, 3.63) is 101 Å². The maximum absolute atomic E-state index is 4.80. The number of fused-ring (bicyclic) bond motifs is 1. The fraction of sp³-hybridized carbons (Fsp3) is 0.167. The lowest BCUT2D eigenvalue weighted by molar-refractivity contribution is 0.897. The van der Waals surface area contributed by atoms with E-state index in [9.17, 15) is 0 Å². The van der Waals surface area contributed by atoms with Gasteiger partial charge in [-0.1, -0.05) is 54.6 Å². The van der Waals surface area contributed by atoms with E-state index < -0.39 is 0 Å². The lowest BCUT2D eigenvalue weighted by Crippen LogP contribution is -2.20. The molecule has 0 amide bonds. The van der Waals surface area contributed by atoms with Gasteiger partial charge in [-0.25, -0.2) is 0 Å². The van der Waals surface area contributed by atoms with Crippen molar-refractivity contribution in [3.63, 3.8) is 0 Å². The second-order valence-corrected chi connectivity index (χ2v) is 6.82. The van der Waals surface area contributed by atoms with Crippen LogP contribution in [-0.4, -0.2) is 30.8 Å². The number of likely N-dealkylation sites (N-methyl/N-ethyl adjacent to an activating group) is 1. The number of benzene rings is 2. The van der Waals surface area contributed by atoms with Crippen LogP contribution in [0.5, 0.6) is 0 Å². The average molecular weight is 426 g/mol.